The van der Waals surface area contributed by atoms with Crippen molar-refractivity contribution in [3.8, 4) is 22.6 Å². The lowest BCUT2D eigenvalue weighted by Crippen LogP contribution is -2.43. The van der Waals surface area contributed by atoms with Gasteiger partial charge in [-0.1, -0.05) is 18.2 Å². The van der Waals surface area contributed by atoms with Gasteiger partial charge < -0.3 is 30.4 Å². The maximum Gasteiger partial charge on any atom is 0.326 e. The Hall–Kier alpha value is -4.77. The van der Waals surface area contributed by atoms with Gasteiger partial charge in [0.15, 0.2) is 0 Å². The standard InChI is InChI=1S/C30H29F2N3O6/c1-4-41-15-16-10-24(39-2)26(25(11-16)40-3)20-8-7-17(19-6-5-9-34-28(19)20)12-23(30(37)38)35-29(36)27-21(31)13-18(33)14-22(27)32/h5-11,13-14,23H,4,12,15,33H2,1-3H3,(H,35,36)(H,37,38). The van der Waals surface area contributed by atoms with Gasteiger partial charge in [-0.2, -0.15) is 0 Å². The minimum absolute atomic E-state index is 0.191. The number of ether oxygens (including phenoxy) is 3. The molecular weight excluding hydrogens is 536 g/mol. The number of nitrogens with two attached hydrogens (primary N) is 1. The van der Waals surface area contributed by atoms with Crippen molar-refractivity contribution < 1.29 is 37.7 Å². The van der Waals surface area contributed by atoms with Gasteiger partial charge in [-0.3, -0.25) is 9.78 Å². The summed E-state index contributed by atoms with van der Waals surface area (Å²) in [6, 6.07) is 10.7. The zero-order valence-corrected chi connectivity index (χ0v) is 22.7. The van der Waals surface area contributed by atoms with Crippen molar-refractivity contribution in [3.05, 3.63) is 83.1 Å². The molecule has 1 heterocycles. The number of anilines is 1. The van der Waals surface area contributed by atoms with Crippen LogP contribution in [0.5, 0.6) is 11.5 Å². The average Bonchev–Trinajstić information content (AvgIpc) is 2.94. The first-order chi connectivity index (χ1) is 19.7. The molecule has 0 aliphatic heterocycles. The van der Waals surface area contributed by atoms with Crippen LogP contribution in [0.1, 0.15) is 28.4 Å². The van der Waals surface area contributed by atoms with Crippen LogP contribution in [0.25, 0.3) is 22.0 Å². The second-order valence-corrected chi connectivity index (χ2v) is 9.11. The van der Waals surface area contributed by atoms with E-state index in [4.69, 9.17) is 19.9 Å². The first-order valence-corrected chi connectivity index (χ1v) is 12.7. The number of benzene rings is 3. The number of pyridine rings is 1. The highest BCUT2D eigenvalue weighted by Crippen LogP contribution is 2.43. The zero-order chi connectivity index (χ0) is 29.7. The smallest absolute Gasteiger partial charge is 0.326 e. The fourth-order valence-electron chi connectivity index (χ4n) is 4.61. The van der Waals surface area contributed by atoms with Gasteiger partial charge in [0.1, 0.15) is 34.7 Å². The van der Waals surface area contributed by atoms with Crippen molar-refractivity contribution >= 4 is 28.5 Å². The number of rotatable bonds is 11. The molecule has 11 heteroatoms. The van der Waals surface area contributed by atoms with Crippen molar-refractivity contribution in [2.75, 3.05) is 26.6 Å². The van der Waals surface area contributed by atoms with Crippen LogP contribution in [0, 0.1) is 11.6 Å². The molecule has 0 saturated carbocycles. The Kier molecular flexibility index (Phi) is 8.98. The van der Waals surface area contributed by atoms with Crippen molar-refractivity contribution in [2.45, 2.75) is 26.0 Å². The van der Waals surface area contributed by atoms with E-state index < -0.39 is 35.1 Å². The molecule has 0 aliphatic rings. The third-order valence-corrected chi connectivity index (χ3v) is 6.49. The molecule has 0 bridgehead atoms. The third kappa shape index (κ3) is 6.20. The van der Waals surface area contributed by atoms with E-state index in [1.165, 1.54) is 0 Å². The van der Waals surface area contributed by atoms with Gasteiger partial charge >= 0.3 is 5.97 Å². The lowest BCUT2D eigenvalue weighted by molar-refractivity contribution is -0.139. The fraction of sp³-hybridized carbons (Fsp3) is 0.233. The van der Waals surface area contributed by atoms with Crippen molar-refractivity contribution in [3.63, 3.8) is 0 Å². The largest absolute Gasteiger partial charge is 0.496 e. The number of hydrogen-bond donors (Lipinski definition) is 3. The van der Waals surface area contributed by atoms with Gasteiger partial charge in [-0.15, -0.1) is 0 Å². The van der Waals surface area contributed by atoms with Crippen LogP contribution >= 0.6 is 0 Å². The summed E-state index contributed by atoms with van der Waals surface area (Å²) < 4.78 is 45.5. The molecule has 41 heavy (non-hydrogen) atoms. The lowest BCUT2D eigenvalue weighted by atomic mass is 9.93. The number of carbonyl (C=O) groups is 2. The number of carboxylic acids is 1. The quantitative estimate of drug-likeness (QED) is 0.222. The molecule has 3 aromatic carbocycles. The summed E-state index contributed by atoms with van der Waals surface area (Å²) >= 11 is 0. The number of halogens is 2. The highest BCUT2D eigenvalue weighted by molar-refractivity contribution is 6.00. The number of nitrogen functional groups attached to an aromatic ring is 1. The molecule has 0 fully saturated rings. The average molecular weight is 566 g/mol. The maximum absolute atomic E-state index is 14.3. The number of methoxy groups -OCH3 is 2. The number of carboxylic acid groups (broad SMARTS) is 1. The number of carbonyl (C=O) groups excluding carboxylic acids is 1. The molecular formula is C30H29F2N3O6. The van der Waals surface area contributed by atoms with E-state index >= 15 is 0 Å². The molecule has 4 N–H and O–H groups in total. The highest BCUT2D eigenvalue weighted by atomic mass is 19.1. The van der Waals surface area contributed by atoms with Crippen molar-refractivity contribution in [1.82, 2.24) is 10.3 Å². The fourth-order valence-corrected chi connectivity index (χ4v) is 4.61. The van der Waals surface area contributed by atoms with Crippen LogP contribution < -0.4 is 20.5 Å². The minimum Gasteiger partial charge on any atom is -0.496 e. The number of nitrogens with zero attached hydrogens (tertiary/aromatic N) is 1. The highest BCUT2D eigenvalue weighted by Gasteiger charge is 2.27. The Labute approximate surface area is 234 Å². The number of hydrogen-bond acceptors (Lipinski definition) is 7. The normalized spacial score (nSPS) is 11.7. The van der Waals surface area contributed by atoms with E-state index in [1.54, 1.807) is 44.7 Å². The Morgan fingerprint density at radius 1 is 1.05 bits per heavy atom. The number of amides is 1. The number of aromatic nitrogens is 1. The minimum atomic E-state index is -1.50. The third-order valence-electron chi connectivity index (χ3n) is 6.49. The van der Waals surface area contributed by atoms with E-state index in [-0.39, 0.29) is 12.1 Å². The Bertz CT molecular complexity index is 1560. The second-order valence-electron chi connectivity index (χ2n) is 9.11. The molecule has 4 rings (SSSR count). The van der Waals surface area contributed by atoms with Gasteiger partial charge in [-0.05, 0) is 48.4 Å². The molecule has 4 aromatic rings. The maximum atomic E-state index is 14.3. The number of nitrogens with one attached hydrogen (secondary N) is 1. The molecule has 9 nitrogen and oxygen atoms in total. The topological polar surface area (TPSA) is 133 Å². The van der Waals surface area contributed by atoms with Gasteiger partial charge in [0.2, 0.25) is 0 Å². The van der Waals surface area contributed by atoms with Crippen LogP contribution in [0.2, 0.25) is 0 Å². The Balaban J connectivity index is 1.74. The molecule has 0 saturated heterocycles. The van der Waals surface area contributed by atoms with E-state index in [2.05, 4.69) is 10.3 Å². The summed E-state index contributed by atoms with van der Waals surface area (Å²) in [5.74, 6) is -3.93. The molecule has 1 unspecified atom stereocenters. The summed E-state index contributed by atoms with van der Waals surface area (Å²) in [7, 11) is 3.08. The summed E-state index contributed by atoms with van der Waals surface area (Å²) in [5.41, 5.74) is 7.53. The Morgan fingerprint density at radius 2 is 1.71 bits per heavy atom. The van der Waals surface area contributed by atoms with E-state index in [0.717, 1.165) is 17.7 Å². The molecule has 1 amide bonds. The van der Waals surface area contributed by atoms with Gasteiger partial charge in [0.05, 0.1) is 31.9 Å². The van der Waals surface area contributed by atoms with E-state index in [1.807, 2.05) is 19.1 Å². The first kappa shape index (κ1) is 29.2. The first-order valence-electron chi connectivity index (χ1n) is 12.7. The molecule has 0 radical (unpaired) electrons. The Morgan fingerprint density at radius 3 is 2.29 bits per heavy atom. The SMILES string of the molecule is CCOCc1cc(OC)c(-c2ccc(CC(NC(=O)c3c(F)cc(N)cc3F)C(=O)O)c3cccnc23)c(OC)c1. The van der Waals surface area contributed by atoms with Crippen LogP contribution in [-0.4, -0.2) is 48.8 Å². The molecule has 1 aromatic heterocycles. The molecule has 1 atom stereocenters. The summed E-state index contributed by atoms with van der Waals surface area (Å²) in [5, 5.41) is 12.7. The lowest BCUT2D eigenvalue weighted by Gasteiger charge is -2.19. The van der Waals surface area contributed by atoms with Crippen LogP contribution in [0.3, 0.4) is 0 Å². The van der Waals surface area contributed by atoms with E-state index in [0.29, 0.717) is 52.3 Å². The second kappa shape index (κ2) is 12.6. The van der Waals surface area contributed by atoms with Gasteiger partial charge in [0, 0.05) is 35.9 Å². The molecule has 0 spiro atoms. The van der Waals surface area contributed by atoms with Gasteiger partial charge in [0.25, 0.3) is 5.91 Å². The number of fused-ring (bicyclic) bond motifs is 1. The van der Waals surface area contributed by atoms with Crippen LogP contribution in [-0.2, 0) is 22.6 Å². The van der Waals surface area contributed by atoms with E-state index in [9.17, 15) is 23.5 Å². The predicted octanol–water partition coefficient (Wildman–Crippen LogP) is 4.74. The predicted molar refractivity (Wildman–Crippen MR) is 149 cm³/mol. The van der Waals surface area contributed by atoms with Crippen molar-refractivity contribution in [2.24, 2.45) is 0 Å². The monoisotopic (exact) mass is 565 g/mol. The van der Waals surface area contributed by atoms with Crippen LogP contribution in [0.4, 0.5) is 14.5 Å². The summed E-state index contributed by atoms with van der Waals surface area (Å²) in [4.78, 5) is 29.4. The zero-order valence-electron chi connectivity index (χ0n) is 22.7. The molecule has 214 valence electrons. The molecule has 0 aliphatic carbocycles. The summed E-state index contributed by atoms with van der Waals surface area (Å²) in [6.45, 7) is 2.81. The van der Waals surface area contributed by atoms with Gasteiger partial charge in [-0.25, -0.2) is 13.6 Å². The van der Waals surface area contributed by atoms with Crippen molar-refractivity contribution in [1.29, 1.82) is 0 Å². The number of aliphatic carboxylic acids is 1. The summed E-state index contributed by atoms with van der Waals surface area (Å²) in [6.07, 6.45) is 1.41. The van der Waals surface area contributed by atoms with Crippen LogP contribution in [0.15, 0.2) is 54.7 Å².